The highest BCUT2D eigenvalue weighted by molar-refractivity contribution is 6.25. The smallest absolute Gasteiger partial charge is 0.407 e. The number of carbonyl (C=O) groups excluding carboxylic acids is 5. The lowest BCUT2D eigenvalue weighted by Gasteiger charge is -2.24. The van der Waals surface area contributed by atoms with Crippen molar-refractivity contribution in [3.8, 4) is 0 Å². The molecular formula is C30H46N4O9. The van der Waals surface area contributed by atoms with Gasteiger partial charge in [0.25, 0.3) is 11.8 Å². The van der Waals surface area contributed by atoms with Gasteiger partial charge in [-0.2, -0.15) is 0 Å². The van der Waals surface area contributed by atoms with Crippen molar-refractivity contribution >= 4 is 35.8 Å². The number of hydrogen-bond acceptors (Lipinski definition) is 10. The highest BCUT2D eigenvalue weighted by Gasteiger charge is 2.43. The Kier molecular flexibility index (Phi) is 15.6. The quantitative estimate of drug-likeness (QED) is 0.108. The first-order valence-electron chi connectivity index (χ1n) is 14.7. The summed E-state index contributed by atoms with van der Waals surface area (Å²) < 4.78 is 21.8. The number of alkyl carbamates (subject to hydrolysis) is 1. The maximum Gasteiger partial charge on any atom is 0.407 e. The fourth-order valence-corrected chi connectivity index (χ4v) is 4.31. The lowest BCUT2D eigenvalue weighted by Crippen LogP contribution is -2.48. The zero-order valence-corrected chi connectivity index (χ0v) is 25.7. The predicted octanol–water partition coefficient (Wildman–Crippen LogP) is 2.53. The first-order chi connectivity index (χ1) is 20.6. The van der Waals surface area contributed by atoms with Crippen LogP contribution in [0, 0.1) is 0 Å². The number of nitrogens with zero attached hydrogens (tertiary/aromatic N) is 1. The summed E-state index contributed by atoms with van der Waals surface area (Å²) in [6.45, 7) is 9.14. The fraction of sp³-hybridized carbons (Fsp3) is 0.633. The van der Waals surface area contributed by atoms with E-state index in [1.165, 1.54) is 7.05 Å². The van der Waals surface area contributed by atoms with Crippen LogP contribution in [0.25, 0.3) is 0 Å². The first-order valence-corrected chi connectivity index (χ1v) is 14.7. The van der Waals surface area contributed by atoms with Gasteiger partial charge in [-0.15, -0.1) is 0 Å². The highest BCUT2D eigenvalue weighted by Crippen LogP contribution is 2.31. The van der Waals surface area contributed by atoms with Gasteiger partial charge in [-0.3, -0.25) is 19.3 Å². The van der Waals surface area contributed by atoms with Gasteiger partial charge in [-0.1, -0.05) is 6.07 Å². The molecule has 1 aromatic rings. The molecule has 1 heterocycles. The lowest BCUT2D eigenvalue weighted by atomic mass is 10.1. The molecule has 13 heteroatoms. The number of benzene rings is 1. The second-order valence-corrected chi connectivity index (χ2v) is 10.8. The molecule has 0 aromatic heterocycles. The minimum atomic E-state index is -1.07. The number of nitrogens with one attached hydrogen (secondary N) is 3. The van der Waals surface area contributed by atoms with Gasteiger partial charge < -0.3 is 39.7 Å². The fourth-order valence-electron chi connectivity index (χ4n) is 4.31. The molecule has 3 N–H and O–H groups in total. The topological polar surface area (TPSA) is 162 Å². The third kappa shape index (κ3) is 12.3. The van der Waals surface area contributed by atoms with Gasteiger partial charge in [0, 0.05) is 38.9 Å². The number of hydrogen-bond donors (Lipinski definition) is 3. The largest absolute Gasteiger partial charge is 0.444 e. The molecule has 0 spiro atoms. The molecular weight excluding hydrogens is 560 g/mol. The number of likely N-dealkylation sites (N-methyl/N-ethyl adjacent to an activating group) is 1. The number of imide groups is 1. The van der Waals surface area contributed by atoms with Crippen molar-refractivity contribution in [1.82, 2.24) is 15.5 Å². The Bertz CT molecular complexity index is 1070. The molecule has 13 nitrogen and oxygen atoms in total. The van der Waals surface area contributed by atoms with E-state index in [-0.39, 0.29) is 24.0 Å². The maximum atomic E-state index is 13.2. The van der Waals surface area contributed by atoms with E-state index < -0.39 is 35.5 Å². The van der Waals surface area contributed by atoms with Gasteiger partial charge in [0.2, 0.25) is 5.91 Å². The van der Waals surface area contributed by atoms with Crippen LogP contribution in [-0.4, -0.2) is 106 Å². The number of ether oxygens (including phenoxy) is 4. The van der Waals surface area contributed by atoms with Crippen molar-refractivity contribution < 1.29 is 42.9 Å². The van der Waals surface area contributed by atoms with Crippen LogP contribution in [0.15, 0.2) is 18.2 Å². The van der Waals surface area contributed by atoms with Crippen LogP contribution in [0.3, 0.4) is 0 Å². The molecule has 0 fully saturated rings. The highest BCUT2D eigenvalue weighted by atomic mass is 16.6. The molecule has 1 unspecified atom stereocenters. The number of rotatable bonds is 21. The van der Waals surface area contributed by atoms with Crippen LogP contribution in [0.5, 0.6) is 0 Å². The summed E-state index contributed by atoms with van der Waals surface area (Å²) >= 11 is 0. The van der Waals surface area contributed by atoms with Crippen molar-refractivity contribution in [1.29, 1.82) is 0 Å². The van der Waals surface area contributed by atoms with Gasteiger partial charge in [-0.25, -0.2) is 4.79 Å². The minimum Gasteiger partial charge on any atom is -0.444 e. The van der Waals surface area contributed by atoms with Gasteiger partial charge in [0.1, 0.15) is 17.9 Å². The average molecular weight is 607 g/mol. The van der Waals surface area contributed by atoms with Crippen molar-refractivity contribution in [2.75, 3.05) is 65.1 Å². The molecule has 1 atom stereocenters. The third-order valence-electron chi connectivity index (χ3n) is 6.30. The van der Waals surface area contributed by atoms with E-state index in [1.807, 2.05) is 20.8 Å². The molecule has 0 aliphatic carbocycles. The molecule has 0 saturated heterocycles. The van der Waals surface area contributed by atoms with Gasteiger partial charge in [-0.05, 0) is 58.6 Å². The zero-order valence-electron chi connectivity index (χ0n) is 25.7. The predicted molar refractivity (Wildman–Crippen MR) is 159 cm³/mol. The lowest BCUT2D eigenvalue weighted by molar-refractivity contribution is -0.124. The van der Waals surface area contributed by atoms with E-state index in [1.54, 1.807) is 18.2 Å². The number of anilines is 1. The number of carbonyl (C=O) groups is 5. The molecule has 240 valence electrons. The summed E-state index contributed by atoms with van der Waals surface area (Å²) in [6, 6.07) is 3.84. The summed E-state index contributed by atoms with van der Waals surface area (Å²) in [4.78, 5) is 61.9. The second kappa shape index (κ2) is 18.9. The third-order valence-corrected chi connectivity index (χ3v) is 6.30. The number of aldehydes is 1. The molecule has 0 saturated carbocycles. The molecule has 0 radical (unpaired) electrons. The van der Waals surface area contributed by atoms with Crippen LogP contribution < -0.4 is 16.0 Å². The van der Waals surface area contributed by atoms with Gasteiger partial charge in [0.15, 0.2) is 0 Å². The molecule has 4 amide bonds. The standard InChI is InChI=1S/C30H46N4O9/c1-30(2,3)43-29(39)33-13-6-5-7-16-40-18-20-42-21-19-41-17-14-32-23-11-8-10-22-25(23)28(38)34(27(22)37)24(12-9-15-35)26(36)31-4/h8,10-11,15,24,32H,5-7,9,12-14,16-21H2,1-4H3,(H,31,36)(H,33,39). The van der Waals surface area contributed by atoms with Crippen LogP contribution in [0.1, 0.15) is 73.6 Å². The van der Waals surface area contributed by atoms with Crippen molar-refractivity contribution in [2.24, 2.45) is 0 Å². The first kappa shape index (κ1) is 35.6. The summed E-state index contributed by atoms with van der Waals surface area (Å²) in [5.41, 5.74) is 0.388. The molecule has 1 aliphatic heterocycles. The van der Waals surface area contributed by atoms with Gasteiger partial charge >= 0.3 is 6.09 Å². The van der Waals surface area contributed by atoms with E-state index in [9.17, 15) is 24.0 Å². The van der Waals surface area contributed by atoms with Gasteiger partial charge in [0.05, 0.1) is 44.2 Å². The van der Waals surface area contributed by atoms with Crippen LogP contribution in [0.2, 0.25) is 0 Å². The molecule has 43 heavy (non-hydrogen) atoms. The van der Waals surface area contributed by atoms with Crippen LogP contribution >= 0.6 is 0 Å². The van der Waals surface area contributed by atoms with Crippen molar-refractivity contribution in [3.63, 3.8) is 0 Å². The second-order valence-electron chi connectivity index (χ2n) is 10.8. The van der Waals surface area contributed by atoms with E-state index in [0.717, 1.165) is 24.2 Å². The van der Waals surface area contributed by atoms with Crippen molar-refractivity contribution in [3.05, 3.63) is 29.3 Å². The Morgan fingerprint density at radius 3 is 2.23 bits per heavy atom. The Hall–Kier alpha value is -3.55. The zero-order chi connectivity index (χ0) is 31.7. The summed E-state index contributed by atoms with van der Waals surface area (Å²) in [5.74, 6) is -1.64. The van der Waals surface area contributed by atoms with E-state index in [4.69, 9.17) is 18.9 Å². The Morgan fingerprint density at radius 1 is 0.907 bits per heavy atom. The Balaban J connectivity index is 1.57. The van der Waals surface area contributed by atoms with E-state index >= 15 is 0 Å². The normalized spacial score (nSPS) is 13.4. The SMILES string of the molecule is CNC(=O)C(CCC=O)N1C(=O)c2cccc(NCCOCCOCCOCCCCCNC(=O)OC(C)(C)C)c2C1=O. The molecule has 1 aliphatic rings. The van der Waals surface area contributed by atoms with Crippen molar-refractivity contribution in [2.45, 2.75) is 64.5 Å². The Labute approximate surface area is 253 Å². The summed E-state index contributed by atoms with van der Waals surface area (Å²) in [5, 5.41) is 8.32. The average Bonchev–Trinajstić information content (AvgIpc) is 3.21. The molecule has 2 rings (SSSR count). The minimum absolute atomic E-state index is 0.0443. The van der Waals surface area contributed by atoms with Crippen LogP contribution in [0.4, 0.5) is 10.5 Å². The maximum absolute atomic E-state index is 13.2. The van der Waals surface area contributed by atoms with Crippen LogP contribution in [-0.2, 0) is 28.5 Å². The molecule has 0 bridgehead atoms. The molecule has 1 aromatic carbocycles. The van der Waals surface area contributed by atoms with E-state index in [2.05, 4.69) is 16.0 Å². The number of amides is 4. The number of unbranched alkanes of at least 4 members (excludes halogenated alkanes) is 2. The monoisotopic (exact) mass is 606 g/mol. The number of fused-ring (bicyclic) bond motifs is 1. The summed E-state index contributed by atoms with van der Waals surface area (Å²) in [6.07, 6.45) is 3.03. The summed E-state index contributed by atoms with van der Waals surface area (Å²) in [7, 11) is 1.42. The van der Waals surface area contributed by atoms with E-state index in [0.29, 0.717) is 64.7 Å². The Morgan fingerprint density at radius 2 is 1.58 bits per heavy atom.